The molecule has 0 amide bonds. The molecule has 0 unspecified atom stereocenters. The van der Waals surface area contributed by atoms with E-state index in [0.717, 1.165) is 17.7 Å². The summed E-state index contributed by atoms with van der Waals surface area (Å²) in [4.78, 5) is 22.1. The first-order chi connectivity index (χ1) is 13.6. The minimum absolute atomic E-state index is 0.0774. The van der Waals surface area contributed by atoms with Gasteiger partial charge in [-0.3, -0.25) is 9.59 Å². The maximum Gasteiger partial charge on any atom is 0.159 e. The Morgan fingerprint density at radius 3 is 1.96 bits per heavy atom. The number of Topliss-reactive ketones (excluding diaryl/α,β-unsaturated/α-hetero) is 2. The molecule has 0 bridgehead atoms. The summed E-state index contributed by atoms with van der Waals surface area (Å²) >= 11 is 0. The quantitative estimate of drug-likeness (QED) is 0.301. The van der Waals surface area contributed by atoms with E-state index >= 15 is 0 Å². The predicted octanol–water partition coefficient (Wildman–Crippen LogP) is 2.02. The summed E-state index contributed by atoms with van der Waals surface area (Å²) in [6, 6.07) is 7.62. The summed E-state index contributed by atoms with van der Waals surface area (Å²) in [6.45, 7) is 8.69. The van der Waals surface area contributed by atoms with Crippen LogP contribution in [0.25, 0.3) is 0 Å². The second-order valence-corrected chi connectivity index (χ2v) is 6.33. The van der Waals surface area contributed by atoms with Crippen LogP contribution in [0, 0.1) is 0 Å². The van der Waals surface area contributed by atoms with Gasteiger partial charge in [0.1, 0.15) is 5.78 Å². The van der Waals surface area contributed by atoms with Crippen molar-refractivity contribution in [1.82, 2.24) is 5.32 Å². The lowest BCUT2D eigenvalue weighted by molar-refractivity contribution is -0.118. The molecule has 1 rings (SSSR count). The Morgan fingerprint density at radius 2 is 1.39 bits per heavy atom. The molecule has 0 spiro atoms. The molecule has 0 atom stereocenters. The van der Waals surface area contributed by atoms with Gasteiger partial charge in [-0.2, -0.15) is 0 Å². The molecule has 0 aromatic heterocycles. The van der Waals surface area contributed by atoms with Gasteiger partial charge in [0.15, 0.2) is 5.78 Å². The Kier molecular flexibility index (Phi) is 14.2. The van der Waals surface area contributed by atoms with Gasteiger partial charge in [-0.15, -0.1) is 0 Å². The fourth-order valence-electron chi connectivity index (χ4n) is 2.26. The number of rotatable bonds is 18. The molecule has 0 radical (unpaired) electrons. The molecule has 0 aliphatic rings. The molecule has 28 heavy (non-hydrogen) atoms. The molecule has 1 aromatic rings. The van der Waals surface area contributed by atoms with Crippen LogP contribution >= 0.6 is 0 Å². The van der Waals surface area contributed by atoms with E-state index in [1.165, 1.54) is 0 Å². The van der Waals surface area contributed by atoms with Crippen molar-refractivity contribution in [2.75, 3.05) is 59.4 Å². The van der Waals surface area contributed by atoms with Crippen molar-refractivity contribution in [2.24, 2.45) is 0 Å². The predicted molar refractivity (Wildman–Crippen MR) is 107 cm³/mol. The van der Waals surface area contributed by atoms with E-state index in [2.05, 4.69) is 5.32 Å². The maximum absolute atomic E-state index is 11.4. The number of ether oxygens (including phenoxy) is 4. The standard InChI is InChI=1S/C21H33NO6/c1-18(23)6-8-25-10-12-27-14-15-28-13-11-26-9-7-22-17-20-4-3-5-21(16-20)19(2)24/h3-5,16,22H,6-15,17H2,1-2H3. The van der Waals surface area contributed by atoms with Gasteiger partial charge in [-0.05, 0) is 25.5 Å². The molecule has 1 N–H and O–H groups in total. The zero-order chi connectivity index (χ0) is 20.5. The number of hydrogen-bond donors (Lipinski definition) is 1. The Morgan fingerprint density at radius 1 is 0.821 bits per heavy atom. The van der Waals surface area contributed by atoms with E-state index in [1.54, 1.807) is 13.8 Å². The Labute approximate surface area is 167 Å². The van der Waals surface area contributed by atoms with Crippen LogP contribution in [0.2, 0.25) is 0 Å². The summed E-state index contributed by atoms with van der Waals surface area (Å²) in [6.07, 6.45) is 0.450. The van der Waals surface area contributed by atoms with Crippen molar-refractivity contribution >= 4 is 11.6 Å². The molecular weight excluding hydrogens is 362 g/mol. The number of carbonyl (C=O) groups excluding carboxylic acids is 2. The number of hydrogen-bond acceptors (Lipinski definition) is 7. The zero-order valence-electron chi connectivity index (χ0n) is 17.0. The van der Waals surface area contributed by atoms with E-state index in [0.29, 0.717) is 65.8 Å². The van der Waals surface area contributed by atoms with Crippen molar-refractivity contribution in [2.45, 2.75) is 26.8 Å². The molecule has 0 aliphatic carbocycles. The van der Waals surface area contributed by atoms with Crippen LogP contribution in [0.4, 0.5) is 0 Å². The van der Waals surface area contributed by atoms with Crippen molar-refractivity contribution in [3.63, 3.8) is 0 Å². The number of ketones is 2. The van der Waals surface area contributed by atoms with Gasteiger partial charge in [0, 0.05) is 25.1 Å². The lowest BCUT2D eigenvalue weighted by Gasteiger charge is -2.08. The third kappa shape index (κ3) is 13.5. The second kappa shape index (κ2) is 16.3. The third-order valence-electron chi connectivity index (χ3n) is 3.80. The molecule has 7 nitrogen and oxygen atoms in total. The monoisotopic (exact) mass is 395 g/mol. The van der Waals surface area contributed by atoms with Gasteiger partial charge in [0.25, 0.3) is 0 Å². The van der Waals surface area contributed by atoms with E-state index < -0.39 is 0 Å². The number of carbonyl (C=O) groups is 2. The highest BCUT2D eigenvalue weighted by Crippen LogP contribution is 2.05. The fraction of sp³-hybridized carbons (Fsp3) is 0.619. The average molecular weight is 395 g/mol. The highest BCUT2D eigenvalue weighted by Gasteiger charge is 2.00. The van der Waals surface area contributed by atoms with E-state index in [-0.39, 0.29) is 11.6 Å². The maximum atomic E-state index is 11.4. The first kappa shape index (κ1) is 24.4. The fourth-order valence-corrected chi connectivity index (χ4v) is 2.26. The van der Waals surface area contributed by atoms with Crippen LogP contribution in [0.1, 0.15) is 36.2 Å². The second-order valence-electron chi connectivity index (χ2n) is 6.33. The zero-order valence-corrected chi connectivity index (χ0v) is 17.0. The minimum Gasteiger partial charge on any atom is -0.379 e. The van der Waals surface area contributed by atoms with E-state index in [9.17, 15) is 9.59 Å². The first-order valence-electron chi connectivity index (χ1n) is 9.70. The molecule has 158 valence electrons. The third-order valence-corrected chi connectivity index (χ3v) is 3.80. The van der Waals surface area contributed by atoms with Gasteiger partial charge in [-0.25, -0.2) is 0 Å². The summed E-state index contributed by atoms with van der Waals surface area (Å²) in [7, 11) is 0. The van der Waals surface area contributed by atoms with Crippen LogP contribution in [0.15, 0.2) is 24.3 Å². The van der Waals surface area contributed by atoms with E-state index in [1.807, 2.05) is 24.3 Å². The Hall–Kier alpha value is -1.64. The summed E-state index contributed by atoms with van der Waals surface area (Å²) < 4.78 is 21.5. The minimum atomic E-state index is 0.0774. The molecule has 0 fully saturated rings. The summed E-state index contributed by atoms with van der Waals surface area (Å²) in [5.41, 5.74) is 1.82. The molecule has 0 aliphatic heterocycles. The highest BCUT2D eigenvalue weighted by molar-refractivity contribution is 5.94. The van der Waals surface area contributed by atoms with Crippen molar-refractivity contribution in [3.8, 4) is 0 Å². The van der Waals surface area contributed by atoms with Gasteiger partial charge >= 0.3 is 0 Å². The Bertz CT molecular complexity index is 564. The molecule has 7 heteroatoms. The topological polar surface area (TPSA) is 83.1 Å². The lowest BCUT2D eigenvalue weighted by atomic mass is 10.1. The molecule has 0 saturated carbocycles. The van der Waals surface area contributed by atoms with Crippen molar-refractivity contribution < 1.29 is 28.5 Å². The highest BCUT2D eigenvalue weighted by atomic mass is 16.6. The summed E-state index contributed by atoms with van der Waals surface area (Å²) in [5, 5.41) is 3.29. The molecular formula is C21H33NO6. The molecule has 0 heterocycles. The Balaban J connectivity index is 1.83. The summed E-state index contributed by atoms with van der Waals surface area (Å²) in [5.74, 6) is 0.209. The van der Waals surface area contributed by atoms with Gasteiger partial charge in [0.2, 0.25) is 0 Å². The van der Waals surface area contributed by atoms with Crippen LogP contribution in [0.3, 0.4) is 0 Å². The number of benzene rings is 1. The smallest absolute Gasteiger partial charge is 0.159 e. The van der Waals surface area contributed by atoms with Crippen LogP contribution < -0.4 is 5.32 Å². The van der Waals surface area contributed by atoms with Crippen molar-refractivity contribution in [1.29, 1.82) is 0 Å². The lowest BCUT2D eigenvalue weighted by Crippen LogP contribution is -2.20. The van der Waals surface area contributed by atoms with Crippen molar-refractivity contribution in [3.05, 3.63) is 35.4 Å². The van der Waals surface area contributed by atoms with Crippen LogP contribution in [-0.4, -0.2) is 71.0 Å². The van der Waals surface area contributed by atoms with Gasteiger partial charge in [-0.1, -0.05) is 18.2 Å². The SMILES string of the molecule is CC(=O)CCOCCOCCOCCOCCNCc1cccc(C(C)=O)c1. The van der Waals surface area contributed by atoms with Gasteiger partial charge < -0.3 is 24.3 Å². The molecule has 0 saturated heterocycles. The van der Waals surface area contributed by atoms with Gasteiger partial charge in [0.05, 0.1) is 52.9 Å². The van der Waals surface area contributed by atoms with Crippen LogP contribution in [-0.2, 0) is 30.3 Å². The largest absolute Gasteiger partial charge is 0.379 e. The number of nitrogens with one attached hydrogen (secondary N) is 1. The van der Waals surface area contributed by atoms with Crippen LogP contribution in [0.5, 0.6) is 0 Å². The average Bonchev–Trinajstić information content (AvgIpc) is 2.67. The van der Waals surface area contributed by atoms with E-state index in [4.69, 9.17) is 18.9 Å². The first-order valence-corrected chi connectivity index (χ1v) is 9.70. The normalized spacial score (nSPS) is 10.9. The molecule has 1 aromatic carbocycles.